The van der Waals surface area contributed by atoms with Crippen molar-refractivity contribution in [1.82, 2.24) is 14.8 Å². The van der Waals surface area contributed by atoms with Gasteiger partial charge < -0.3 is 24.8 Å². The number of para-hydroxylation sites is 2. The average molecular weight is 488 g/mol. The van der Waals surface area contributed by atoms with Crippen molar-refractivity contribution in [1.29, 1.82) is 0 Å². The summed E-state index contributed by atoms with van der Waals surface area (Å²) in [6, 6.07) is 16.3. The average Bonchev–Trinajstić information content (AvgIpc) is 3.63. The molecular weight excluding hydrogens is 466 g/mol. The van der Waals surface area contributed by atoms with Crippen LogP contribution in [0.1, 0.15) is 18.5 Å². The molecule has 4 aromatic rings. The van der Waals surface area contributed by atoms with E-state index in [1.54, 1.807) is 35.3 Å². The van der Waals surface area contributed by atoms with Crippen LogP contribution in [0.4, 0.5) is 11.6 Å². The number of carbonyl (C=O) groups is 1. The summed E-state index contributed by atoms with van der Waals surface area (Å²) < 4.78 is 18.3. The predicted molar refractivity (Wildman–Crippen MR) is 132 cm³/mol. The number of allylic oxidation sites excluding steroid dienone is 1. The Balaban J connectivity index is 1.46. The number of nitrogens with one attached hydrogen (secondary N) is 2. The van der Waals surface area contributed by atoms with Gasteiger partial charge in [0, 0.05) is 5.70 Å². The summed E-state index contributed by atoms with van der Waals surface area (Å²) in [5.74, 6) is 2.74. The Morgan fingerprint density at radius 3 is 2.86 bits per heavy atom. The monoisotopic (exact) mass is 487 g/mol. The Hall–Kier alpha value is -4.31. The number of benzene rings is 2. The second-order valence-electron chi connectivity index (χ2n) is 8.01. The molecule has 0 saturated heterocycles. The van der Waals surface area contributed by atoms with E-state index in [0.717, 1.165) is 10.4 Å². The molecule has 0 bridgehead atoms. The molecule has 0 saturated carbocycles. The lowest BCUT2D eigenvalue weighted by Gasteiger charge is -2.29. The number of hydrogen-bond donors (Lipinski definition) is 2. The van der Waals surface area contributed by atoms with Crippen molar-refractivity contribution in [2.45, 2.75) is 13.0 Å². The van der Waals surface area contributed by atoms with Crippen LogP contribution in [0.2, 0.25) is 0 Å². The Labute approximate surface area is 205 Å². The van der Waals surface area contributed by atoms with Crippen LogP contribution in [0.5, 0.6) is 17.2 Å². The highest BCUT2D eigenvalue weighted by Gasteiger charge is 2.35. The van der Waals surface area contributed by atoms with E-state index in [-0.39, 0.29) is 12.7 Å². The summed E-state index contributed by atoms with van der Waals surface area (Å²) in [5, 5.41) is 13.0. The smallest absolute Gasteiger partial charge is 0.255 e. The SMILES string of the molecule is COc1ccccc1NC(=O)C1=C(C)Nc2nc(-c3cccs3)nn2[C@H]1c1ccc2c(c1)OCO2. The van der Waals surface area contributed by atoms with Crippen LogP contribution >= 0.6 is 11.3 Å². The van der Waals surface area contributed by atoms with Gasteiger partial charge in [-0.3, -0.25) is 4.79 Å². The molecule has 0 radical (unpaired) electrons. The molecule has 2 aliphatic rings. The maximum atomic E-state index is 13.7. The highest BCUT2D eigenvalue weighted by Crippen LogP contribution is 2.41. The van der Waals surface area contributed by atoms with Gasteiger partial charge >= 0.3 is 0 Å². The fourth-order valence-corrected chi connectivity index (χ4v) is 4.94. The second kappa shape index (κ2) is 8.48. The second-order valence-corrected chi connectivity index (χ2v) is 8.96. The van der Waals surface area contributed by atoms with E-state index in [4.69, 9.17) is 24.3 Å². The molecule has 0 unspecified atom stereocenters. The molecule has 35 heavy (non-hydrogen) atoms. The van der Waals surface area contributed by atoms with E-state index < -0.39 is 6.04 Å². The molecule has 1 atom stereocenters. The van der Waals surface area contributed by atoms with Crippen molar-refractivity contribution in [2.75, 3.05) is 24.5 Å². The number of anilines is 2. The number of hydrogen-bond acceptors (Lipinski definition) is 8. The fourth-order valence-electron chi connectivity index (χ4n) is 4.28. The van der Waals surface area contributed by atoms with Crippen LogP contribution in [0.25, 0.3) is 10.7 Å². The largest absolute Gasteiger partial charge is 0.495 e. The molecule has 0 aliphatic carbocycles. The van der Waals surface area contributed by atoms with Crippen molar-refractivity contribution in [3.63, 3.8) is 0 Å². The Morgan fingerprint density at radius 1 is 1.17 bits per heavy atom. The van der Waals surface area contributed by atoms with Gasteiger partial charge in [-0.2, -0.15) is 4.98 Å². The molecule has 0 fully saturated rings. The first-order valence-corrected chi connectivity index (χ1v) is 11.8. The van der Waals surface area contributed by atoms with Crippen LogP contribution < -0.4 is 24.8 Å². The van der Waals surface area contributed by atoms with Gasteiger partial charge in [-0.1, -0.05) is 24.3 Å². The molecule has 6 rings (SSSR count). The van der Waals surface area contributed by atoms with E-state index >= 15 is 0 Å². The van der Waals surface area contributed by atoms with E-state index in [2.05, 4.69) is 10.6 Å². The predicted octanol–water partition coefficient (Wildman–Crippen LogP) is 4.67. The molecule has 2 aromatic heterocycles. The molecule has 0 spiro atoms. The normalized spacial score (nSPS) is 16.0. The van der Waals surface area contributed by atoms with E-state index in [0.29, 0.717) is 46.0 Å². The zero-order valence-corrected chi connectivity index (χ0v) is 19.8. The lowest BCUT2D eigenvalue weighted by Crippen LogP contribution is -2.31. The summed E-state index contributed by atoms with van der Waals surface area (Å²) >= 11 is 1.56. The third-order valence-electron chi connectivity index (χ3n) is 5.91. The highest BCUT2D eigenvalue weighted by atomic mass is 32.1. The van der Waals surface area contributed by atoms with Gasteiger partial charge in [-0.15, -0.1) is 16.4 Å². The van der Waals surface area contributed by atoms with Crippen molar-refractivity contribution in [3.05, 3.63) is 76.8 Å². The summed E-state index contributed by atoms with van der Waals surface area (Å²) in [6.07, 6.45) is 0. The Bertz CT molecular complexity index is 1460. The van der Waals surface area contributed by atoms with E-state index in [9.17, 15) is 4.79 Å². The minimum atomic E-state index is -0.545. The molecule has 10 heteroatoms. The standard InChI is InChI=1S/C25H21N5O4S/c1-14-21(24(31)27-16-6-3-4-7-17(16)32-2)22(15-9-10-18-19(12-15)34-13-33-18)30-25(26-14)28-23(29-30)20-8-5-11-35-20/h3-12,22H,13H2,1-2H3,(H,27,31)(H,26,28,29)/t22-/m0/s1. The zero-order chi connectivity index (χ0) is 23.9. The zero-order valence-electron chi connectivity index (χ0n) is 18.9. The molecule has 2 N–H and O–H groups in total. The molecule has 176 valence electrons. The van der Waals surface area contributed by atoms with Crippen LogP contribution in [-0.2, 0) is 4.79 Å². The van der Waals surface area contributed by atoms with Crippen molar-refractivity contribution < 1.29 is 19.0 Å². The number of nitrogens with zero attached hydrogens (tertiary/aromatic N) is 3. The van der Waals surface area contributed by atoms with Crippen LogP contribution in [0.15, 0.2) is 71.2 Å². The lowest BCUT2D eigenvalue weighted by atomic mass is 9.94. The Morgan fingerprint density at radius 2 is 2.03 bits per heavy atom. The minimum absolute atomic E-state index is 0.165. The summed E-state index contributed by atoms with van der Waals surface area (Å²) in [6.45, 7) is 2.03. The number of aromatic nitrogens is 3. The molecule has 9 nitrogen and oxygen atoms in total. The van der Waals surface area contributed by atoms with Gasteiger partial charge in [0.2, 0.25) is 12.7 Å². The highest BCUT2D eigenvalue weighted by molar-refractivity contribution is 7.13. The molecule has 2 aromatic carbocycles. The molecule has 1 amide bonds. The van der Waals surface area contributed by atoms with Crippen LogP contribution in [0.3, 0.4) is 0 Å². The van der Waals surface area contributed by atoms with Crippen molar-refractivity contribution >= 4 is 28.9 Å². The van der Waals surface area contributed by atoms with Gasteiger partial charge in [0.15, 0.2) is 17.3 Å². The van der Waals surface area contributed by atoms with Crippen LogP contribution in [0, 0.1) is 0 Å². The number of amides is 1. The maximum Gasteiger partial charge on any atom is 0.255 e. The molecule has 2 aliphatic heterocycles. The quantitative estimate of drug-likeness (QED) is 0.422. The topological polar surface area (TPSA) is 99.5 Å². The van der Waals surface area contributed by atoms with Gasteiger partial charge in [0.25, 0.3) is 5.91 Å². The van der Waals surface area contributed by atoms with Gasteiger partial charge in [0.05, 0.1) is 23.2 Å². The minimum Gasteiger partial charge on any atom is -0.495 e. The molecule has 4 heterocycles. The summed E-state index contributed by atoms with van der Waals surface area (Å²) in [4.78, 5) is 19.4. The van der Waals surface area contributed by atoms with Gasteiger partial charge in [-0.05, 0) is 48.2 Å². The number of thiophene rings is 1. The third kappa shape index (κ3) is 3.68. The lowest BCUT2D eigenvalue weighted by molar-refractivity contribution is -0.113. The first-order chi connectivity index (χ1) is 17.1. The number of methoxy groups -OCH3 is 1. The number of rotatable bonds is 5. The van der Waals surface area contributed by atoms with E-state index in [1.807, 2.05) is 54.8 Å². The van der Waals surface area contributed by atoms with Gasteiger partial charge in [0.1, 0.15) is 11.8 Å². The Kier molecular flexibility index (Phi) is 5.14. The molecular formula is C25H21N5O4S. The van der Waals surface area contributed by atoms with Gasteiger partial charge in [-0.25, -0.2) is 4.68 Å². The fraction of sp³-hybridized carbons (Fsp3) is 0.160. The summed E-state index contributed by atoms with van der Waals surface area (Å²) in [7, 11) is 1.57. The van der Waals surface area contributed by atoms with Crippen molar-refractivity contribution in [2.24, 2.45) is 0 Å². The van der Waals surface area contributed by atoms with Crippen molar-refractivity contribution in [3.8, 4) is 28.0 Å². The maximum absolute atomic E-state index is 13.7. The number of fused-ring (bicyclic) bond motifs is 2. The summed E-state index contributed by atoms with van der Waals surface area (Å²) in [5.41, 5.74) is 2.58. The number of carbonyl (C=O) groups excluding carboxylic acids is 1. The third-order valence-corrected chi connectivity index (χ3v) is 6.77. The van der Waals surface area contributed by atoms with E-state index in [1.165, 1.54) is 0 Å². The first kappa shape index (κ1) is 21.2. The number of ether oxygens (including phenoxy) is 3. The van der Waals surface area contributed by atoms with Crippen LogP contribution in [-0.4, -0.2) is 34.6 Å². The first-order valence-electron chi connectivity index (χ1n) is 10.9.